The van der Waals surface area contributed by atoms with Gasteiger partial charge in [-0.25, -0.2) is 4.79 Å². The molecule has 0 aromatic rings. The molecular weight excluding hydrogens is 286 g/mol. The van der Waals surface area contributed by atoms with Gasteiger partial charge in [0.25, 0.3) is 0 Å². The van der Waals surface area contributed by atoms with Crippen molar-refractivity contribution >= 4 is 17.8 Å². The number of likely N-dealkylation sites (N-methyl/N-ethyl adjacent to an activating group) is 1. The molecule has 1 N–H and O–H groups in total. The highest BCUT2D eigenvalue weighted by atomic mass is 16.5. The molecule has 3 rings (SSSR count). The van der Waals surface area contributed by atoms with Crippen LogP contribution in [0.3, 0.4) is 0 Å². The number of carbonyl (C=O) groups is 3. The number of hydrogen-bond donors (Lipinski definition) is 1. The molecule has 2 heterocycles. The molecule has 0 bridgehead atoms. The van der Waals surface area contributed by atoms with Crippen LogP contribution in [0.15, 0.2) is 23.5 Å². The fraction of sp³-hybridized carbons (Fsp3) is 0.533. The molecule has 3 aliphatic rings. The van der Waals surface area contributed by atoms with Gasteiger partial charge in [0.2, 0.25) is 11.8 Å². The number of urea groups is 1. The largest absolute Gasteiger partial charge is 0.499 e. The van der Waals surface area contributed by atoms with Gasteiger partial charge >= 0.3 is 6.03 Å². The number of allylic oxidation sites excluding steroid dienone is 2. The van der Waals surface area contributed by atoms with Gasteiger partial charge in [-0.1, -0.05) is 12.2 Å². The smallest absolute Gasteiger partial charge is 0.321 e. The molecule has 0 aromatic heterocycles. The second-order valence-corrected chi connectivity index (χ2v) is 5.81. The van der Waals surface area contributed by atoms with E-state index in [4.69, 9.17) is 4.74 Å². The lowest BCUT2D eigenvalue weighted by Gasteiger charge is -2.34. The number of rotatable bonds is 2. The third-order valence-corrected chi connectivity index (χ3v) is 4.55. The van der Waals surface area contributed by atoms with E-state index in [1.165, 1.54) is 0 Å². The molecule has 0 aromatic carbocycles. The Kier molecular flexibility index (Phi) is 3.42. The maximum Gasteiger partial charge on any atom is 0.321 e. The summed E-state index contributed by atoms with van der Waals surface area (Å²) in [5.41, 5.74) is 0.966. The van der Waals surface area contributed by atoms with Crippen molar-refractivity contribution in [2.45, 2.75) is 37.9 Å². The molecule has 2 aliphatic heterocycles. The number of ether oxygens (including phenoxy) is 1. The lowest BCUT2D eigenvalue weighted by atomic mass is 9.94. The molecule has 1 aliphatic carbocycles. The van der Waals surface area contributed by atoms with Crippen molar-refractivity contribution in [2.75, 3.05) is 14.2 Å². The van der Waals surface area contributed by atoms with Gasteiger partial charge in [-0.3, -0.25) is 14.9 Å². The van der Waals surface area contributed by atoms with E-state index >= 15 is 0 Å². The molecule has 22 heavy (non-hydrogen) atoms. The number of nitrogens with zero attached hydrogens (tertiary/aromatic N) is 2. The van der Waals surface area contributed by atoms with E-state index in [9.17, 15) is 14.4 Å². The first-order chi connectivity index (χ1) is 10.5. The molecule has 0 saturated carbocycles. The second kappa shape index (κ2) is 5.15. The Morgan fingerprint density at radius 1 is 1.32 bits per heavy atom. The summed E-state index contributed by atoms with van der Waals surface area (Å²) in [4.78, 5) is 39.2. The van der Waals surface area contributed by atoms with Crippen LogP contribution in [0.25, 0.3) is 0 Å². The average molecular weight is 305 g/mol. The fourth-order valence-electron chi connectivity index (χ4n) is 3.47. The van der Waals surface area contributed by atoms with Crippen LogP contribution in [-0.2, 0) is 14.3 Å². The number of nitrogens with one attached hydrogen (secondary N) is 1. The van der Waals surface area contributed by atoms with Gasteiger partial charge in [0.05, 0.1) is 13.2 Å². The summed E-state index contributed by atoms with van der Waals surface area (Å²) in [7, 11) is 3.29. The van der Waals surface area contributed by atoms with Crippen LogP contribution in [0.2, 0.25) is 0 Å². The van der Waals surface area contributed by atoms with Crippen molar-refractivity contribution in [3.8, 4) is 0 Å². The Balaban J connectivity index is 1.95. The summed E-state index contributed by atoms with van der Waals surface area (Å²) < 4.78 is 5.47. The summed E-state index contributed by atoms with van der Waals surface area (Å²) in [6.45, 7) is 1.93. The van der Waals surface area contributed by atoms with Crippen LogP contribution < -0.4 is 5.32 Å². The van der Waals surface area contributed by atoms with Gasteiger partial charge in [-0.2, -0.15) is 0 Å². The Labute approximate surface area is 128 Å². The van der Waals surface area contributed by atoms with Crippen LogP contribution >= 0.6 is 0 Å². The minimum absolute atomic E-state index is 0.224. The third kappa shape index (κ3) is 2.00. The average Bonchev–Trinajstić information content (AvgIpc) is 2.72. The fourth-order valence-corrected chi connectivity index (χ4v) is 3.47. The predicted octanol–water partition coefficient (Wildman–Crippen LogP) is 0.386. The lowest BCUT2D eigenvalue weighted by molar-refractivity contribution is -0.136. The zero-order chi connectivity index (χ0) is 16.0. The van der Waals surface area contributed by atoms with Crippen molar-refractivity contribution in [1.29, 1.82) is 0 Å². The quantitative estimate of drug-likeness (QED) is 0.748. The van der Waals surface area contributed by atoms with Crippen LogP contribution in [0.1, 0.15) is 19.8 Å². The SMILES string of the molecule is COC1=C(C)C=CC2C1N(C)C(=O)N2C1CCC(=O)NC1=O. The molecule has 7 nitrogen and oxygen atoms in total. The number of fused-ring (bicyclic) bond motifs is 1. The maximum absolute atomic E-state index is 12.6. The van der Waals surface area contributed by atoms with Gasteiger partial charge in [0.1, 0.15) is 17.8 Å². The molecule has 0 spiro atoms. The summed E-state index contributed by atoms with van der Waals surface area (Å²) in [5.74, 6) is 0.0424. The van der Waals surface area contributed by atoms with Crippen LogP contribution in [0.5, 0.6) is 0 Å². The van der Waals surface area contributed by atoms with Crippen molar-refractivity contribution in [3.63, 3.8) is 0 Å². The Bertz CT molecular complexity index is 610. The third-order valence-electron chi connectivity index (χ3n) is 4.55. The monoisotopic (exact) mass is 305 g/mol. The van der Waals surface area contributed by atoms with E-state index in [0.717, 1.165) is 11.3 Å². The Morgan fingerprint density at radius 2 is 2.05 bits per heavy atom. The molecule has 118 valence electrons. The minimum atomic E-state index is -0.621. The highest BCUT2D eigenvalue weighted by Crippen LogP contribution is 2.35. The molecule has 7 heteroatoms. The summed E-state index contributed by atoms with van der Waals surface area (Å²) in [5, 5.41) is 2.31. The molecule has 0 radical (unpaired) electrons. The normalized spacial score (nSPS) is 31.6. The number of piperidine rings is 1. The first-order valence-electron chi connectivity index (χ1n) is 7.27. The zero-order valence-electron chi connectivity index (χ0n) is 12.8. The number of amides is 4. The van der Waals surface area contributed by atoms with Gasteiger partial charge in [0, 0.05) is 13.5 Å². The second-order valence-electron chi connectivity index (χ2n) is 5.81. The molecule has 2 saturated heterocycles. The van der Waals surface area contributed by atoms with E-state index in [-0.39, 0.29) is 30.4 Å². The highest BCUT2D eigenvalue weighted by Gasteiger charge is 2.51. The van der Waals surface area contributed by atoms with Gasteiger partial charge in [0.15, 0.2) is 0 Å². The number of hydrogen-bond acceptors (Lipinski definition) is 4. The van der Waals surface area contributed by atoms with E-state index < -0.39 is 11.9 Å². The zero-order valence-corrected chi connectivity index (χ0v) is 12.8. The Morgan fingerprint density at radius 3 is 2.68 bits per heavy atom. The van der Waals surface area contributed by atoms with Crippen LogP contribution in [-0.4, -0.2) is 59.9 Å². The van der Waals surface area contributed by atoms with Gasteiger partial charge in [-0.05, 0) is 18.9 Å². The summed E-state index contributed by atoms with van der Waals surface area (Å²) in [6.07, 6.45) is 4.43. The lowest BCUT2D eigenvalue weighted by Crippen LogP contribution is -2.55. The van der Waals surface area contributed by atoms with Crippen LogP contribution in [0.4, 0.5) is 4.79 Å². The number of carbonyl (C=O) groups excluding carboxylic acids is 3. The number of imide groups is 1. The highest BCUT2D eigenvalue weighted by molar-refractivity contribution is 6.02. The van der Waals surface area contributed by atoms with Crippen molar-refractivity contribution < 1.29 is 19.1 Å². The van der Waals surface area contributed by atoms with Crippen molar-refractivity contribution in [1.82, 2.24) is 15.1 Å². The van der Waals surface area contributed by atoms with E-state index in [1.807, 2.05) is 19.1 Å². The van der Waals surface area contributed by atoms with Crippen LogP contribution in [0, 0.1) is 0 Å². The van der Waals surface area contributed by atoms with E-state index in [2.05, 4.69) is 5.32 Å². The maximum atomic E-state index is 12.6. The molecule has 2 fully saturated rings. The standard InChI is InChI=1S/C15H19N3O4/c1-8-4-5-9-12(13(8)22-3)17(2)15(21)18(9)10-6-7-11(19)16-14(10)20/h4-5,9-10,12H,6-7H2,1-3H3,(H,16,19,20). The van der Waals surface area contributed by atoms with Gasteiger partial charge < -0.3 is 14.5 Å². The summed E-state index contributed by atoms with van der Waals surface area (Å²) >= 11 is 0. The molecule has 4 amide bonds. The van der Waals surface area contributed by atoms with Gasteiger partial charge in [-0.15, -0.1) is 0 Å². The first-order valence-corrected chi connectivity index (χ1v) is 7.27. The van der Waals surface area contributed by atoms with E-state index in [1.54, 1.807) is 24.0 Å². The van der Waals surface area contributed by atoms with Crippen molar-refractivity contribution in [3.05, 3.63) is 23.5 Å². The predicted molar refractivity (Wildman–Crippen MR) is 77.6 cm³/mol. The van der Waals surface area contributed by atoms with E-state index in [0.29, 0.717) is 6.42 Å². The molecule has 3 unspecified atom stereocenters. The molecule has 3 atom stereocenters. The summed E-state index contributed by atoms with van der Waals surface area (Å²) in [6, 6.07) is -1.35. The topological polar surface area (TPSA) is 79.0 Å². The number of methoxy groups -OCH3 is 1. The minimum Gasteiger partial charge on any atom is -0.499 e. The first kappa shape index (κ1) is 14.6. The van der Waals surface area contributed by atoms with Crippen molar-refractivity contribution in [2.24, 2.45) is 0 Å². The molecular formula is C15H19N3O4. The Hall–Kier alpha value is -2.31.